The Bertz CT molecular complexity index is 1220. The lowest BCUT2D eigenvalue weighted by atomic mass is 9.73. The standard InChI is InChI=1S/C27H28N2O4/c1-17-15-22(28-14-13-19-16-29-21-12-8-7-11-20(19)21)25(27(31)33-3)24(23(17)26(30)32-2)18-9-5-4-6-10-18/h4-12,15-16,23-24,28-29H,13-14H2,1-3H3. The molecule has 4 rings (SSSR count). The van der Waals surface area contributed by atoms with Crippen LogP contribution in [0.5, 0.6) is 0 Å². The number of methoxy groups -OCH3 is 2. The van der Waals surface area contributed by atoms with Gasteiger partial charge < -0.3 is 19.8 Å². The molecule has 33 heavy (non-hydrogen) atoms. The molecule has 6 heteroatoms. The molecule has 1 aliphatic rings. The zero-order valence-corrected chi connectivity index (χ0v) is 19.1. The maximum absolute atomic E-state index is 13.0. The number of nitrogens with one attached hydrogen (secondary N) is 2. The van der Waals surface area contributed by atoms with Gasteiger partial charge in [-0.25, -0.2) is 4.79 Å². The third-order valence-electron chi connectivity index (χ3n) is 6.20. The van der Waals surface area contributed by atoms with Crippen LogP contribution in [0.4, 0.5) is 0 Å². The fourth-order valence-electron chi connectivity index (χ4n) is 4.62. The lowest BCUT2D eigenvalue weighted by Crippen LogP contribution is -2.35. The minimum absolute atomic E-state index is 0.378. The first-order valence-electron chi connectivity index (χ1n) is 11.0. The van der Waals surface area contributed by atoms with Gasteiger partial charge in [-0.2, -0.15) is 0 Å². The van der Waals surface area contributed by atoms with Crippen molar-refractivity contribution in [2.45, 2.75) is 19.3 Å². The van der Waals surface area contributed by atoms with E-state index in [4.69, 9.17) is 9.47 Å². The Morgan fingerprint density at radius 1 is 1.00 bits per heavy atom. The second kappa shape index (κ2) is 9.77. The summed E-state index contributed by atoms with van der Waals surface area (Å²) >= 11 is 0. The van der Waals surface area contributed by atoms with Crippen molar-refractivity contribution in [2.24, 2.45) is 5.92 Å². The second-order valence-corrected chi connectivity index (χ2v) is 8.13. The molecule has 2 atom stereocenters. The number of allylic oxidation sites excluding steroid dienone is 1. The van der Waals surface area contributed by atoms with Crippen molar-refractivity contribution >= 4 is 22.8 Å². The predicted octanol–water partition coefficient (Wildman–Crippen LogP) is 4.26. The van der Waals surface area contributed by atoms with Crippen LogP contribution in [0.3, 0.4) is 0 Å². The average Bonchev–Trinajstić information content (AvgIpc) is 3.26. The number of fused-ring (bicyclic) bond motifs is 1. The third kappa shape index (κ3) is 4.42. The number of H-pyrrole nitrogens is 1. The van der Waals surface area contributed by atoms with E-state index in [1.807, 2.05) is 61.7 Å². The molecule has 3 aromatic rings. The largest absolute Gasteiger partial charge is 0.469 e. The average molecular weight is 445 g/mol. The number of para-hydroxylation sites is 1. The summed E-state index contributed by atoms with van der Waals surface area (Å²) in [6.45, 7) is 2.51. The highest BCUT2D eigenvalue weighted by Gasteiger charge is 2.41. The van der Waals surface area contributed by atoms with Crippen molar-refractivity contribution in [1.29, 1.82) is 0 Å². The molecule has 2 aromatic carbocycles. The molecule has 1 aromatic heterocycles. The van der Waals surface area contributed by atoms with Gasteiger partial charge in [0.1, 0.15) is 0 Å². The zero-order valence-electron chi connectivity index (χ0n) is 19.1. The normalized spacial score (nSPS) is 18.1. The molecule has 0 radical (unpaired) electrons. The third-order valence-corrected chi connectivity index (χ3v) is 6.20. The van der Waals surface area contributed by atoms with E-state index in [0.29, 0.717) is 17.8 Å². The molecule has 1 heterocycles. The van der Waals surface area contributed by atoms with Crippen LogP contribution in [-0.4, -0.2) is 37.7 Å². The molecule has 6 nitrogen and oxygen atoms in total. The summed E-state index contributed by atoms with van der Waals surface area (Å²) in [5.74, 6) is -1.95. The van der Waals surface area contributed by atoms with Crippen LogP contribution in [0.2, 0.25) is 0 Å². The monoisotopic (exact) mass is 444 g/mol. The first kappa shape index (κ1) is 22.4. The first-order chi connectivity index (χ1) is 16.0. The van der Waals surface area contributed by atoms with E-state index in [2.05, 4.69) is 22.4 Å². The number of ether oxygens (including phenoxy) is 2. The Balaban J connectivity index is 1.69. The number of esters is 2. The van der Waals surface area contributed by atoms with Crippen molar-refractivity contribution in [2.75, 3.05) is 20.8 Å². The lowest BCUT2D eigenvalue weighted by Gasteiger charge is -2.33. The van der Waals surface area contributed by atoms with E-state index in [-0.39, 0.29) is 5.97 Å². The number of aromatic nitrogens is 1. The SMILES string of the molecule is COC(=O)C1=C(NCCc2c[nH]c3ccccc23)C=C(C)C(C(=O)OC)C1c1ccccc1. The Morgan fingerprint density at radius 3 is 2.45 bits per heavy atom. The smallest absolute Gasteiger partial charge is 0.336 e. The molecule has 0 spiro atoms. The van der Waals surface area contributed by atoms with Crippen LogP contribution >= 0.6 is 0 Å². The fourth-order valence-corrected chi connectivity index (χ4v) is 4.62. The van der Waals surface area contributed by atoms with Gasteiger partial charge in [0.15, 0.2) is 0 Å². The van der Waals surface area contributed by atoms with Crippen molar-refractivity contribution < 1.29 is 19.1 Å². The van der Waals surface area contributed by atoms with E-state index >= 15 is 0 Å². The van der Waals surface area contributed by atoms with E-state index < -0.39 is 17.8 Å². The number of hydrogen-bond donors (Lipinski definition) is 2. The number of hydrogen-bond acceptors (Lipinski definition) is 5. The number of aromatic amines is 1. The quantitative estimate of drug-likeness (QED) is 0.532. The maximum atomic E-state index is 13.0. The van der Waals surface area contributed by atoms with Gasteiger partial charge in [0.2, 0.25) is 0 Å². The molecule has 1 aliphatic carbocycles. The fraction of sp³-hybridized carbons (Fsp3) is 0.259. The highest BCUT2D eigenvalue weighted by molar-refractivity contribution is 5.95. The molecule has 2 unspecified atom stereocenters. The van der Waals surface area contributed by atoms with Crippen LogP contribution in [0.1, 0.15) is 24.0 Å². The minimum Gasteiger partial charge on any atom is -0.469 e. The van der Waals surface area contributed by atoms with Crippen molar-refractivity contribution in [3.63, 3.8) is 0 Å². The lowest BCUT2D eigenvalue weighted by molar-refractivity contribution is -0.145. The van der Waals surface area contributed by atoms with Gasteiger partial charge in [0.25, 0.3) is 0 Å². The molecule has 0 saturated heterocycles. The molecule has 0 saturated carbocycles. The zero-order chi connectivity index (χ0) is 23.4. The summed E-state index contributed by atoms with van der Waals surface area (Å²) in [7, 11) is 2.73. The second-order valence-electron chi connectivity index (χ2n) is 8.13. The number of benzene rings is 2. The van der Waals surface area contributed by atoms with Crippen molar-refractivity contribution in [1.82, 2.24) is 10.3 Å². The molecule has 0 fully saturated rings. The molecule has 170 valence electrons. The minimum atomic E-state index is -0.606. The van der Waals surface area contributed by atoms with Crippen molar-refractivity contribution in [3.8, 4) is 0 Å². The van der Waals surface area contributed by atoms with Gasteiger partial charge in [-0.15, -0.1) is 0 Å². The van der Waals surface area contributed by atoms with E-state index in [0.717, 1.165) is 23.1 Å². The van der Waals surface area contributed by atoms with Gasteiger partial charge in [-0.1, -0.05) is 54.1 Å². The van der Waals surface area contributed by atoms with Crippen LogP contribution in [-0.2, 0) is 25.5 Å². The van der Waals surface area contributed by atoms with Crippen molar-refractivity contribution in [3.05, 3.63) is 94.8 Å². The Hall–Kier alpha value is -3.80. The highest BCUT2D eigenvalue weighted by Crippen LogP contribution is 2.42. The first-order valence-corrected chi connectivity index (χ1v) is 11.0. The Labute approximate surface area is 193 Å². The van der Waals surface area contributed by atoms with E-state index in [9.17, 15) is 9.59 Å². The maximum Gasteiger partial charge on any atom is 0.336 e. The summed E-state index contributed by atoms with van der Waals surface area (Å²) in [4.78, 5) is 29.0. The summed E-state index contributed by atoms with van der Waals surface area (Å²) in [5.41, 5.74) is 5.09. The summed E-state index contributed by atoms with van der Waals surface area (Å²) in [6, 6.07) is 17.7. The van der Waals surface area contributed by atoms with Crippen LogP contribution in [0.25, 0.3) is 10.9 Å². The van der Waals surface area contributed by atoms with Crippen LogP contribution in [0.15, 0.2) is 83.7 Å². The molecule has 0 aliphatic heterocycles. The topological polar surface area (TPSA) is 80.4 Å². The highest BCUT2D eigenvalue weighted by atomic mass is 16.5. The number of rotatable bonds is 7. The molecular formula is C27H28N2O4. The summed E-state index contributed by atoms with van der Waals surface area (Å²) in [6.07, 6.45) is 4.65. The van der Waals surface area contributed by atoms with Crippen LogP contribution in [0, 0.1) is 5.92 Å². The number of carbonyl (C=O) groups excluding carboxylic acids is 2. The molecule has 0 bridgehead atoms. The molecule has 0 amide bonds. The molecular weight excluding hydrogens is 416 g/mol. The van der Waals surface area contributed by atoms with Gasteiger partial charge >= 0.3 is 11.9 Å². The van der Waals surface area contributed by atoms with Crippen LogP contribution < -0.4 is 5.32 Å². The Morgan fingerprint density at radius 2 is 1.73 bits per heavy atom. The van der Waals surface area contributed by atoms with Gasteiger partial charge in [0, 0.05) is 35.3 Å². The van der Waals surface area contributed by atoms with E-state index in [1.54, 1.807) is 0 Å². The van der Waals surface area contributed by atoms with Gasteiger partial charge in [-0.05, 0) is 36.6 Å². The summed E-state index contributed by atoms with van der Waals surface area (Å²) < 4.78 is 10.3. The number of carbonyl (C=O) groups is 2. The predicted molar refractivity (Wildman–Crippen MR) is 127 cm³/mol. The van der Waals surface area contributed by atoms with Gasteiger partial charge in [0.05, 0.1) is 25.7 Å². The van der Waals surface area contributed by atoms with Gasteiger partial charge in [-0.3, -0.25) is 4.79 Å². The summed E-state index contributed by atoms with van der Waals surface area (Å²) in [5, 5.41) is 4.62. The van der Waals surface area contributed by atoms with E-state index in [1.165, 1.54) is 25.2 Å². The Kier molecular flexibility index (Phi) is 6.63. The molecule has 2 N–H and O–H groups in total.